The van der Waals surface area contributed by atoms with Crippen LogP contribution in [0.15, 0.2) is 35.2 Å². The van der Waals surface area contributed by atoms with Gasteiger partial charge < -0.3 is 4.74 Å². The molecular weight excluding hydrogens is 200 g/mol. The largest absolute Gasteiger partial charge is 0.372 e. The first-order valence-corrected chi connectivity index (χ1v) is 5.44. The number of methoxy groups -OCH3 is 1. The molecule has 0 spiro atoms. The minimum atomic E-state index is -3.47. The fourth-order valence-corrected chi connectivity index (χ4v) is 1.74. The zero-order chi connectivity index (χ0) is 10.4. The summed E-state index contributed by atoms with van der Waals surface area (Å²) in [7, 11) is -2.01. The monoisotopic (exact) mass is 210 g/mol. The van der Waals surface area contributed by atoms with Crippen LogP contribution in [0.25, 0.3) is 0 Å². The average molecular weight is 210 g/mol. The second kappa shape index (κ2) is 4.80. The Labute approximate surface area is 83.6 Å². The van der Waals surface area contributed by atoms with Crippen LogP contribution in [-0.4, -0.2) is 22.1 Å². The van der Waals surface area contributed by atoms with E-state index in [9.17, 15) is 8.42 Å². The molecule has 0 aromatic heterocycles. The highest BCUT2D eigenvalue weighted by atomic mass is 32.2. The molecule has 0 N–H and O–H groups in total. The summed E-state index contributed by atoms with van der Waals surface area (Å²) in [5, 5.41) is 2.17. The van der Waals surface area contributed by atoms with Gasteiger partial charge in [0.15, 0.2) is 0 Å². The molecule has 0 heterocycles. The highest BCUT2D eigenvalue weighted by Crippen LogP contribution is 2.07. The van der Waals surface area contributed by atoms with E-state index in [1.165, 1.54) is 19.2 Å². The zero-order valence-corrected chi connectivity index (χ0v) is 8.54. The number of hydrogen-bond donors (Lipinski definition) is 0. The first-order valence-electron chi connectivity index (χ1n) is 3.95. The first-order chi connectivity index (χ1) is 6.67. The molecule has 0 aliphatic rings. The van der Waals surface area contributed by atoms with Gasteiger partial charge in [0, 0.05) is 12.4 Å². The Hall–Kier alpha value is -1.31. The van der Waals surface area contributed by atoms with Gasteiger partial charge in [-0.05, 0) is 12.1 Å². The van der Waals surface area contributed by atoms with E-state index >= 15 is 0 Å². The molecule has 0 saturated carbocycles. The van der Waals surface area contributed by atoms with E-state index in [-0.39, 0.29) is 11.5 Å². The van der Waals surface area contributed by atoms with Crippen molar-refractivity contribution in [1.29, 1.82) is 0 Å². The molecule has 1 rings (SSSR count). The molecule has 0 amide bonds. The number of ether oxygens (including phenoxy) is 1. The summed E-state index contributed by atoms with van der Waals surface area (Å²) in [6, 6.07) is 8.09. The van der Waals surface area contributed by atoms with Gasteiger partial charge in [-0.25, -0.2) is 8.42 Å². The molecule has 14 heavy (non-hydrogen) atoms. The standard InChI is InChI=1S/C10H10O3S/c1-13-8-5-9-14(11,12)10-6-3-2-4-7-10/h2-4,6-7H,8H2,1H3. The Morgan fingerprint density at radius 3 is 2.50 bits per heavy atom. The Morgan fingerprint density at radius 2 is 1.93 bits per heavy atom. The third-order valence-corrected chi connectivity index (χ3v) is 2.78. The van der Waals surface area contributed by atoms with Crippen molar-refractivity contribution >= 4 is 9.84 Å². The van der Waals surface area contributed by atoms with E-state index in [1.807, 2.05) is 0 Å². The molecule has 74 valence electrons. The van der Waals surface area contributed by atoms with E-state index in [4.69, 9.17) is 0 Å². The maximum absolute atomic E-state index is 11.5. The third kappa shape index (κ3) is 2.87. The van der Waals surface area contributed by atoms with Gasteiger partial charge in [-0.15, -0.1) is 0 Å². The van der Waals surface area contributed by atoms with E-state index in [0.717, 1.165) is 0 Å². The molecule has 0 aliphatic heterocycles. The van der Waals surface area contributed by atoms with Gasteiger partial charge in [0.2, 0.25) is 9.84 Å². The molecule has 3 nitrogen and oxygen atoms in total. The second-order valence-electron chi connectivity index (χ2n) is 2.53. The van der Waals surface area contributed by atoms with E-state index < -0.39 is 9.84 Å². The summed E-state index contributed by atoms with van der Waals surface area (Å²) in [5.41, 5.74) is 0. The predicted octanol–water partition coefficient (Wildman–Crippen LogP) is 1.07. The van der Waals surface area contributed by atoms with Crippen molar-refractivity contribution in [3.63, 3.8) is 0 Å². The van der Waals surface area contributed by atoms with Crippen molar-refractivity contribution in [3.05, 3.63) is 30.3 Å². The summed E-state index contributed by atoms with van der Waals surface area (Å²) < 4.78 is 27.6. The lowest BCUT2D eigenvalue weighted by Crippen LogP contribution is -1.96. The summed E-state index contributed by atoms with van der Waals surface area (Å²) in [6.07, 6.45) is 0. The van der Waals surface area contributed by atoms with Crippen LogP contribution in [0.1, 0.15) is 0 Å². The van der Waals surface area contributed by atoms with Crippen LogP contribution < -0.4 is 0 Å². The van der Waals surface area contributed by atoms with Crippen LogP contribution in [0.2, 0.25) is 0 Å². The molecule has 4 heteroatoms. The van der Waals surface area contributed by atoms with Crippen LogP contribution in [0.4, 0.5) is 0 Å². The molecule has 0 fully saturated rings. The summed E-state index contributed by atoms with van der Waals surface area (Å²) in [5.74, 6) is 2.41. The molecule has 1 aromatic rings. The minimum Gasteiger partial charge on any atom is -0.372 e. The molecule has 0 radical (unpaired) electrons. The number of hydrogen-bond acceptors (Lipinski definition) is 3. The summed E-state index contributed by atoms with van der Waals surface area (Å²) in [6.45, 7) is 0.117. The Morgan fingerprint density at radius 1 is 1.29 bits per heavy atom. The van der Waals surface area contributed by atoms with Gasteiger partial charge in [0.25, 0.3) is 0 Å². The second-order valence-corrected chi connectivity index (χ2v) is 4.21. The van der Waals surface area contributed by atoms with Crippen molar-refractivity contribution in [3.8, 4) is 11.2 Å². The fourth-order valence-electron chi connectivity index (χ4n) is 0.855. The van der Waals surface area contributed by atoms with Crippen molar-refractivity contribution in [2.45, 2.75) is 4.90 Å². The van der Waals surface area contributed by atoms with Gasteiger partial charge in [-0.2, -0.15) is 0 Å². The lowest BCUT2D eigenvalue weighted by Gasteiger charge is -1.94. The van der Waals surface area contributed by atoms with Crippen LogP contribution in [0.3, 0.4) is 0 Å². The van der Waals surface area contributed by atoms with Crippen LogP contribution in [0.5, 0.6) is 0 Å². The number of sulfone groups is 1. The topological polar surface area (TPSA) is 43.4 Å². The van der Waals surface area contributed by atoms with Crippen molar-refractivity contribution in [2.75, 3.05) is 13.7 Å². The van der Waals surface area contributed by atoms with E-state index in [2.05, 4.69) is 15.9 Å². The molecule has 0 atom stereocenters. The van der Waals surface area contributed by atoms with E-state index in [0.29, 0.717) is 0 Å². The quantitative estimate of drug-likeness (QED) is 0.541. The van der Waals surface area contributed by atoms with Gasteiger partial charge >= 0.3 is 0 Å². The first kappa shape index (κ1) is 10.8. The van der Waals surface area contributed by atoms with Crippen LogP contribution in [-0.2, 0) is 14.6 Å². The maximum Gasteiger partial charge on any atom is 0.245 e. The fraction of sp³-hybridized carbons (Fsp3) is 0.200. The molecule has 0 aliphatic carbocycles. The van der Waals surface area contributed by atoms with Gasteiger partial charge in [0.05, 0.1) is 4.90 Å². The van der Waals surface area contributed by atoms with Gasteiger partial charge in [-0.3, -0.25) is 0 Å². The smallest absolute Gasteiger partial charge is 0.245 e. The minimum absolute atomic E-state index is 0.117. The summed E-state index contributed by atoms with van der Waals surface area (Å²) in [4.78, 5) is 0.212. The van der Waals surface area contributed by atoms with Crippen LogP contribution in [0, 0.1) is 11.2 Å². The van der Waals surface area contributed by atoms with E-state index in [1.54, 1.807) is 18.2 Å². The molecule has 0 bridgehead atoms. The van der Waals surface area contributed by atoms with Crippen LogP contribution >= 0.6 is 0 Å². The zero-order valence-electron chi connectivity index (χ0n) is 7.73. The number of benzene rings is 1. The third-order valence-electron chi connectivity index (χ3n) is 1.48. The Kier molecular flexibility index (Phi) is 3.69. The number of rotatable bonds is 2. The molecule has 0 saturated heterocycles. The normalized spacial score (nSPS) is 10.4. The SMILES string of the molecule is COCC#CS(=O)(=O)c1ccccc1. The maximum atomic E-state index is 11.5. The molecule has 0 unspecified atom stereocenters. The Balaban J connectivity index is 2.95. The Bertz CT molecular complexity index is 437. The molecular formula is C10H10O3S. The lowest BCUT2D eigenvalue weighted by atomic mass is 10.4. The van der Waals surface area contributed by atoms with Gasteiger partial charge in [0.1, 0.15) is 6.61 Å². The van der Waals surface area contributed by atoms with Crippen molar-refractivity contribution in [1.82, 2.24) is 0 Å². The lowest BCUT2D eigenvalue weighted by molar-refractivity contribution is 0.240. The molecule has 1 aromatic carbocycles. The van der Waals surface area contributed by atoms with Crippen molar-refractivity contribution < 1.29 is 13.2 Å². The highest BCUT2D eigenvalue weighted by molar-refractivity contribution is 7.96. The van der Waals surface area contributed by atoms with Crippen molar-refractivity contribution in [2.24, 2.45) is 0 Å². The predicted molar refractivity (Wildman–Crippen MR) is 53.3 cm³/mol. The highest BCUT2D eigenvalue weighted by Gasteiger charge is 2.08. The summed E-state index contributed by atoms with van der Waals surface area (Å²) >= 11 is 0. The van der Waals surface area contributed by atoms with Gasteiger partial charge in [-0.1, -0.05) is 24.1 Å². The average Bonchev–Trinajstić information content (AvgIpc) is 2.19.